The summed E-state index contributed by atoms with van der Waals surface area (Å²) in [6.45, 7) is 9.50. The van der Waals surface area contributed by atoms with Crippen molar-refractivity contribution in [3.05, 3.63) is 77.0 Å². The van der Waals surface area contributed by atoms with E-state index in [4.69, 9.17) is 0 Å². The molecule has 0 unspecified atom stereocenters. The van der Waals surface area contributed by atoms with Crippen LogP contribution in [-0.2, 0) is 13.0 Å². The third-order valence-electron chi connectivity index (χ3n) is 6.46. The average Bonchev–Trinajstić information content (AvgIpc) is 3.23. The summed E-state index contributed by atoms with van der Waals surface area (Å²) in [5.41, 5.74) is 7.52. The third kappa shape index (κ3) is 5.42. The van der Waals surface area contributed by atoms with Gasteiger partial charge in [0.25, 0.3) is 0 Å². The van der Waals surface area contributed by atoms with Crippen LogP contribution in [-0.4, -0.2) is 63.9 Å². The van der Waals surface area contributed by atoms with Crippen molar-refractivity contribution in [1.29, 1.82) is 0 Å². The van der Waals surface area contributed by atoms with Crippen molar-refractivity contribution in [2.24, 2.45) is 0 Å². The summed E-state index contributed by atoms with van der Waals surface area (Å²) in [6.07, 6.45) is 3.85. The average molecular weight is 419 g/mol. The smallest absolute Gasteiger partial charge is 0.0698 e. The Labute approximate surface area is 185 Å². The fourth-order valence-corrected chi connectivity index (χ4v) is 4.65. The van der Waals surface area contributed by atoms with Crippen LogP contribution in [0.25, 0.3) is 11.3 Å². The lowest BCUT2D eigenvalue weighted by molar-refractivity contribution is 0.0563. The number of benzene rings is 2. The van der Waals surface area contributed by atoms with Crippen LogP contribution in [0.15, 0.2) is 54.7 Å². The fourth-order valence-electron chi connectivity index (χ4n) is 4.65. The zero-order valence-corrected chi connectivity index (χ0v) is 18.7. The van der Waals surface area contributed by atoms with E-state index in [1.54, 1.807) is 0 Å². The Balaban J connectivity index is 1.42. The van der Waals surface area contributed by atoms with Crippen molar-refractivity contribution in [2.75, 3.05) is 32.8 Å². The number of aromatic nitrogens is 2. The van der Waals surface area contributed by atoms with E-state index in [1.807, 2.05) is 6.20 Å². The van der Waals surface area contributed by atoms with Gasteiger partial charge in [-0.2, -0.15) is 5.10 Å². The molecule has 1 saturated heterocycles. The van der Waals surface area contributed by atoms with E-state index < -0.39 is 0 Å². The van der Waals surface area contributed by atoms with Gasteiger partial charge < -0.3 is 5.11 Å². The lowest BCUT2D eigenvalue weighted by Crippen LogP contribution is -2.53. The fraction of sp³-hybridized carbons (Fsp3) is 0.423. The van der Waals surface area contributed by atoms with Gasteiger partial charge in [-0.3, -0.25) is 14.9 Å². The van der Waals surface area contributed by atoms with Crippen molar-refractivity contribution in [2.45, 2.75) is 39.3 Å². The van der Waals surface area contributed by atoms with Crippen LogP contribution >= 0.6 is 0 Å². The first-order valence-electron chi connectivity index (χ1n) is 11.3. The highest BCUT2D eigenvalue weighted by atomic mass is 16.3. The predicted octanol–water partition coefficient (Wildman–Crippen LogP) is 3.80. The number of hydrogen-bond donors (Lipinski definition) is 2. The summed E-state index contributed by atoms with van der Waals surface area (Å²) < 4.78 is 0. The predicted molar refractivity (Wildman–Crippen MR) is 126 cm³/mol. The second-order valence-corrected chi connectivity index (χ2v) is 8.76. The number of aliphatic hydroxyl groups excluding tert-OH is 1. The SMILES string of the molecule is Cc1ccc(C)c(-c2[nH]ncc2CN2CCN(CCc3ccccc3)[C@H](CCO)C2)c1. The van der Waals surface area contributed by atoms with E-state index >= 15 is 0 Å². The van der Waals surface area contributed by atoms with E-state index in [2.05, 4.69) is 82.4 Å². The minimum atomic E-state index is 0.236. The Kier molecular flexibility index (Phi) is 7.17. The molecular formula is C26H34N4O. The molecule has 1 atom stereocenters. The molecule has 1 aromatic heterocycles. The molecule has 31 heavy (non-hydrogen) atoms. The second kappa shape index (κ2) is 10.2. The van der Waals surface area contributed by atoms with Crippen LogP contribution in [0.4, 0.5) is 0 Å². The van der Waals surface area contributed by atoms with Gasteiger partial charge in [0, 0.05) is 56.5 Å². The van der Waals surface area contributed by atoms with E-state index in [0.717, 1.165) is 51.3 Å². The highest BCUT2D eigenvalue weighted by molar-refractivity contribution is 5.67. The molecule has 164 valence electrons. The topological polar surface area (TPSA) is 55.4 Å². The number of aromatic amines is 1. The molecule has 2 heterocycles. The molecular weight excluding hydrogens is 384 g/mol. The maximum Gasteiger partial charge on any atom is 0.0698 e. The summed E-state index contributed by atoms with van der Waals surface area (Å²) in [5.74, 6) is 0. The molecule has 0 amide bonds. The maximum absolute atomic E-state index is 9.65. The van der Waals surface area contributed by atoms with Gasteiger partial charge in [0.1, 0.15) is 0 Å². The number of nitrogens with zero attached hydrogens (tertiary/aromatic N) is 3. The molecule has 0 radical (unpaired) electrons. The van der Waals surface area contributed by atoms with Gasteiger partial charge in [0.2, 0.25) is 0 Å². The molecule has 5 nitrogen and oxygen atoms in total. The number of H-pyrrole nitrogens is 1. The highest BCUT2D eigenvalue weighted by Gasteiger charge is 2.27. The first-order valence-corrected chi connectivity index (χ1v) is 11.3. The van der Waals surface area contributed by atoms with Gasteiger partial charge in [0.15, 0.2) is 0 Å². The molecule has 0 saturated carbocycles. The van der Waals surface area contributed by atoms with Crippen LogP contribution in [0.2, 0.25) is 0 Å². The maximum atomic E-state index is 9.65. The van der Waals surface area contributed by atoms with Crippen molar-refractivity contribution in [3.63, 3.8) is 0 Å². The van der Waals surface area contributed by atoms with Gasteiger partial charge in [-0.15, -0.1) is 0 Å². The van der Waals surface area contributed by atoms with Crippen LogP contribution in [0.3, 0.4) is 0 Å². The highest BCUT2D eigenvalue weighted by Crippen LogP contribution is 2.27. The summed E-state index contributed by atoms with van der Waals surface area (Å²) in [5, 5.41) is 17.3. The lowest BCUT2D eigenvalue weighted by atomic mass is 10.00. The quantitative estimate of drug-likeness (QED) is 0.584. The van der Waals surface area contributed by atoms with Crippen molar-refractivity contribution in [1.82, 2.24) is 20.0 Å². The summed E-state index contributed by atoms with van der Waals surface area (Å²) in [6, 6.07) is 17.6. The standard InChI is InChI=1S/C26H34N4O/c1-20-8-9-21(2)25(16-20)26-23(17-27-28-26)18-29-13-14-30(24(19-29)11-15-31)12-10-22-6-4-3-5-7-22/h3-9,16-17,24,31H,10-15,18-19H2,1-2H3,(H,27,28)/t24-/m1/s1. The summed E-state index contributed by atoms with van der Waals surface area (Å²) in [4.78, 5) is 5.07. The van der Waals surface area contributed by atoms with Crippen molar-refractivity contribution < 1.29 is 5.11 Å². The summed E-state index contributed by atoms with van der Waals surface area (Å²) >= 11 is 0. The number of nitrogens with one attached hydrogen (secondary N) is 1. The van der Waals surface area contributed by atoms with Gasteiger partial charge in [-0.25, -0.2) is 0 Å². The molecule has 0 bridgehead atoms. The minimum Gasteiger partial charge on any atom is -0.396 e. The van der Waals surface area contributed by atoms with Crippen molar-refractivity contribution >= 4 is 0 Å². The molecule has 5 heteroatoms. The van der Waals surface area contributed by atoms with Crippen LogP contribution in [0.1, 0.15) is 28.7 Å². The molecule has 0 spiro atoms. The van der Waals surface area contributed by atoms with Gasteiger partial charge in [-0.05, 0) is 43.9 Å². The molecule has 1 fully saturated rings. The second-order valence-electron chi connectivity index (χ2n) is 8.76. The molecule has 3 aromatic rings. The van der Waals surface area contributed by atoms with Crippen LogP contribution in [0.5, 0.6) is 0 Å². The number of hydrogen-bond acceptors (Lipinski definition) is 4. The molecule has 2 aromatic carbocycles. The zero-order valence-electron chi connectivity index (χ0n) is 18.7. The first-order chi connectivity index (χ1) is 15.1. The van der Waals surface area contributed by atoms with Gasteiger partial charge in [0.05, 0.1) is 11.9 Å². The summed E-state index contributed by atoms with van der Waals surface area (Å²) in [7, 11) is 0. The van der Waals surface area contributed by atoms with E-state index in [1.165, 1.54) is 27.8 Å². The largest absolute Gasteiger partial charge is 0.396 e. The molecule has 2 N–H and O–H groups in total. The molecule has 1 aliphatic rings. The van der Waals surface area contributed by atoms with Crippen LogP contribution < -0.4 is 0 Å². The van der Waals surface area contributed by atoms with E-state index in [-0.39, 0.29) is 6.61 Å². The third-order valence-corrected chi connectivity index (χ3v) is 6.46. The number of piperazine rings is 1. The molecule has 4 rings (SSSR count). The number of aryl methyl sites for hydroxylation is 2. The molecule has 1 aliphatic heterocycles. The normalized spacial score (nSPS) is 17.8. The van der Waals surface area contributed by atoms with Crippen LogP contribution in [0, 0.1) is 13.8 Å². The lowest BCUT2D eigenvalue weighted by Gasteiger charge is -2.41. The Morgan fingerprint density at radius 3 is 2.74 bits per heavy atom. The van der Waals surface area contributed by atoms with Gasteiger partial charge >= 0.3 is 0 Å². The monoisotopic (exact) mass is 418 g/mol. The van der Waals surface area contributed by atoms with E-state index in [0.29, 0.717) is 6.04 Å². The zero-order chi connectivity index (χ0) is 21.6. The van der Waals surface area contributed by atoms with Crippen molar-refractivity contribution in [3.8, 4) is 11.3 Å². The molecule has 0 aliphatic carbocycles. The number of rotatable bonds is 8. The minimum absolute atomic E-state index is 0.236. The Morgan fingerprint density at radius 2 is 1.94 bits per heavy atom. The Bertz CT molecular complexity index is 969. The first kappa shape index (κ1) is 21.8. The van der Waals surface area contributed by atoms with E-state index in [9.17, 15) is 5.11 Å². The Hall–Kier alpha value is -2.47. The number of aliphatic hydroxyl groups is 1. The Morgan fingerprint density at radius 1 is 1.10 bits per heavy atom. The van der Waals surface area contributed by atoms with Gasteiger partial charge in [-0.1, -0.05) is 48.0 Å².